The van der Waals surface area contributed by atoms with E-state index in [0.29, 0.717) is 18.6 Å². The number of benzene rings is 3. The number of aliphatic carboxylic acids is 1. The van der Waals surface area contributed by atoms with Gasteiger partial charge >= 0.3 is 5.97 Å². The summed E-state index contributed by atoms with van der Waals surface area (Å²) in [5.74, 6) is -0.473. The largest absolute Gasteiger partial charge is 0.480 e. The first-order valence-electron chi connectivity index (χ1n) is 9.41. The van der Waals surface area contributed by atoms with Crippen molar-refractivity contribution in [3.8, 4) is 0 Å². The molecule has 148 valence electrons. The van der Waals surface area contributed by atoms with Crippen molar-refractivity contribution in [2.45, 2.75) is 17.2 Å². The first kappa shape index (κ1) is 20.7. The Morgan fingerprint density at radius 2 is 1.28 bits per heavy atom. The summed E-state index contributed by atoms with van der Waals surface area (Å²) in [5, 5.41) is 11.7. The molecular formula is C24H23NO3S. The highest BCUT2D eigenvalue weighted by atomic mass is 32.2. The maximum atomic E-state index is 11.4. The lowest BCUT2D eigenvalue weighted by atomic mass is 9.84. The third kappa shape index (κ3) is 4.69. The molecule has 0 unspecified atom stereocenters. The molecule has 3 rings (SSSR count). The van der Waals surface area contributed by atoms with E-state index in [0.717, 1.165) is 16.7 Å². The number of rotatable bonds is 10. The van der Waals surface area contributed by atoms with Crippen LogP contribution in [0.4, 0.5) is 0 Å². The predicted molar refractivity (Wildman–Crippen MR) is 117 cm³/mol. The zero-order valence-corrected chi connectivity index (χ0v) is 16.7. The van der Waals surface area contributed by atoms with Gasteiger partial charge in [0.2, 0.25) is 6.41 Å². The Morgan fingerprint density at radius 1 is 0.862 bits per heavy atom. The minimum absolute atomic E-state index is 0.326. The van der Waals surface area contributed by atoms with E-state index in [-0.39, 0.29) is 0 Å². The van der Waals surface area contributed by atoms with E-state index in [2.05, 4.69) is 41.7 Å². The number of thioether (sulfide) groups is 1. The highest BCUT2D eigenvalue weighted by molar-refractivity contribution is 8.00. The molecule has 3 aromatic rings. The third-order valence-corrected chi connectivity index (χ3v) is 6.41. The standard InChI is InChI=1S/C24H23NO3S/c26-18-25-22(23(27)28)16-17-29-24(19-10-4-1-5-11-19,20-12-6-2-7-13-20)21-14-8-3-9-15-21/h1-15,18,22H,16-17H2,(H,25,26)(H,27,28)/t22-/m1/s1. The van der Waals surface area contributed by atoms with Gasteiger partial charge in [-0.25, -0.2) is 4.79 Å². The van der Waals surface area contributed by atoms with Gasteiger partial charge in [0.1, 0.15) is 6.04 Å². The molecule has 5 heteroatoms. The van der Waals surface area contributed by atoms with Crippen LogP contribution in [-0.2, 0) is 14.3 Å². The Kier molecular flexibility index (Phi) is 7.09. The highest BCUT2D eigenvalue weighted by Gasteiger charge is 2.37. The Labute approximate surface area is 175 Å². The predicted octanol–water partition coefficient (Wildman–Crippen LogP) is 4.30. The minimum atomic E-state index is -1.03. The van der Waals surface area contributed by atoms with Crippen LogP contribution in [-0.4, -0.2) is 29.3 Å². The van der Waals surface area contributed by atoms with Crippen LogP contribution in [0.2, 0.25) is 0 Å². The van der Waals surface area contributed by atoms with Crippen LogP contribution >= 0.6 is 11.8 Å². The summed E-state index contributed by atoms with van der Waals surface area (Å²) in [5.41, 5.74) is 3.37. The van der Waals surface area contributed by atoms with E-state index in [1.165, 1.54) is 0 Å². The highest BCUT2D eigenvalue weighted by Crippen LogP contribution is 2.48. The number of hydrogen-bond donors (Lipinski definition) is 2. The molecule has 0 saturated heterocycles. The quantitative estimate of drug-likeness (QED) is 0.390. The normalized spacial score (nSPS) is 12.1. The zero-order chi connectivity index (χ0) is 20.5. The third-order valence-electron chi connectivity index (χ3n) is 4.83. The number of hydrogen-bond acceptors (Lipinski definition) is 3. The second-order valence-electron chi connectivity index (χ2n) is 6.59. The van der Waals surface area contributed by atoms with Crippen LogP contribution in [0.3, 0.4) is 0 Å². The molecule has 29 heavy (non-hydrogen) atoms. The van der Waals surface area contributed by atoms with E-state index in [1.807, 2.05) is 54.6 Å². The van der Waals surface area contributed by atoms with Crippen molar-refractivity contribution in [3.05, 3.63) is 108 Å². The Hall–Kier alpha value is -3.05. The van der Waals surface area contributed by atoms with Gasteiger partial charge in [0.25, 0.3) is 0 Å². The van der Waals surface area contributed by atoms with Crippen LogP contribution < -0.4 is 5.32 Å². The molecular weight excluding hydrogens is 382 g/mol. The summed E-state index contributed by atoms with van der Waals surface area (Å²) in [7, 11) is 0. The topological polar surface area (TPSA) is 66.4 Å². The Balaban J connectivity index is 2.05. The fourth-order valence-electron chi connectivity index (χ4n) is 3.46. The van der Waals surface area contributed by atoms with Crippen molar-refractivity contribution in [2.75, 3.05) is 5.75 Å². The lowest BCUT2D eigenvalue weighted by Gasteiger charge is -2.35. The minimum Gasteiger partial charge on any atom is -0.480 e. The van der Waals surface area contributed by atoms with Crippen LogP contribution in [0.1, 0.15) is 23.1 Å². The lowest BCUT2D eigenvalue weighted by Crippen LogP contribution is -2.36. The average molecular weight is 406 g/mol. The maximum absolute atomic E-state index is 11.4. The molecule has 4 nitrogen and oxygen atoms in total. The van der Waals surface area contributed by atoms with Gasteiger partial charge in [-0.15, -0.1) is 11.8 Å². The molecule has 0 bridgehead atoms. The molecule has 0 fully saturated rings. The van der Waals surface area contributed by atoms with Crippen molar-refractivity contribution >= 4 is 24.1 Å². The molecule has 1 amide bonds. The van der Waals surface area contributed by atoms with Crippen LogP contribution in [0, 0.1) is 0 Å². The summed E-state index contributed by atoms with van der Waals surface area (Å²) in [4.78, 5) is 22.2. The van der Waals surface area contributed by atoms with Gasteiger partial charge in [0.15, 0.2) is 0 Å². The van der Waals surface area contributed by atoms with E-state index in [9.17, 15) is 14.7 Å². The second-order valence-corrected chi connectivity index (χ2v) is 7.90. The van der Waals surface area contributed by atoms with Crippen molar-refractivity contribution in [3.63, 3.8) is 0 Å². The lowest BCUT2D eigenvalue weighted by molar-refractivity contribution is -0.140. The van der Waals surface area contributed by atoms with Crippen LogP contribution in [0.25, 0.3) is 0 Å². The molecule has 0 radical (unpaired) electrons. The zero-order valence-electron chi connectivity index (χ0n) is 15.9. The molecule has 1 atom stereocenters. The summed E-state index contributed by atoms with van der Waals surface area (Å²) < 4.78 is -0.492. The van der Waals surface area contributed by atoms with Gasteiger partial charge in [-0.1, -0.05) is 91.0 Å². The molecule has 0 aliphatic carbocycles. The maximum Gasteiger partial charge on any atom is 0.326 e. The van der Waals surface area contributed by atoms with E-state index in [1.54, 1.807) is 11.8 Å². The summed E-state index contributed by atoms with van der Waals surface area (Å²) in [6.07, 6.45) is 0.773. The summed E-state index contributed by atoms with van der Waals surface area (Å²) >= 11 is 1.68. The summed E-state index contributed by atoms with van der Waals surface area (Å²) in [6, 6.07) is 29.8. The molecule has 0 aromatic heterocycles. The number of carboxylic acids is 1. The first-order valence-corrected chi connectivity index (χ1v) is 10.4. The second kappa shape index (κ2) is 9.94. The van der Waals surface area contributed by atoms with Gasteiger partial charge in [0, 0.05) is 0 Å². The number of amides is 1. The van der Waals surface area contributed by atoms with Gasteiger partial charge < -0.3 is 10.4 Å². The smallest absolute Gasteiger partial charge is 0.326 e. The van der Waals surface area contributed by atoms with Crippen LogP contribution in [0.5, 0.6) is 0 Å². The van der Waals surface area contributed by atoms with Crippen molar-refractivity contribution in [2.24, 2.45) is 0 Å². The molecule has 0 spiro atoms. The molecule has 3 aromatic carbocycles. The fourth-order valence-corrected chi connectivity index (χ4v) is 5.03. The molecule has 0 heterocycles. The Bertz CT molecular complexity index is 820. The van der Waals surface area contributed by atoms with Crippen molar-refractivity contribution < 1.29 is 14.7 Å². The number of carbonyl (C=O) groups is 2. The average Bonchev–Trinajstić information content (AvgIpc) is 2.78. The van der Waals surface area contributed by atoms with Gasteiger partial charge in [-0.05, 0) is 28.9 Å². The van der Waals surface area contributed by atoms with E-state index < -0.39 is 16.8 Å². The van der Waals surface area contributed by atoms with Gasteiger partial charge in [-0.2, -0.15) is 0 Å². The van der Waals surface area contributed by atoms with Crippen molar-refractivity contribution in [1.82, 2.24) is 5.32 Å². The Morgan fingerprint density at radius 3 is 1.62 bits per heavy atom. The monoisotopic (exact) mass is 405 g/mol. The van der Waals surface area contributed by atoms with Crippen LogP contribution in [0.15, 0.2) is 91.0 Å². The van der Waals surface area contributed by atoms with Gasteiger partial charge in [-0.3, -0.25) is 4.79 Å². The van der Waals surface area contributed by atoms with E-state index in [4.69, 9.17) is 0 Å². The van der Waals surface area contributed by atoms with E-state index >= 15 is 0 Å². The first-order chi connectivity index (χ1) is 14.2. The molecule has 0 aliphatic rings. The number of carbonyl (C=O) groups excluding carboxylic acids is 1. The molecule has 0 aliphatic heterocycles. The SMILES string of the molecule is O=CN[C@H](CCSC(c1ccccc1)(c1ccccc1)c1ccccc1)C(=O)O. The molecule has 2 N–H and O–H groups in total. The fraction of sp³-hybridized carbons (Fsp3) is 0.167. The van der Waals surface area contributed by atoms with Crippen molar-refractivity contribution in [1.29, 1.82) is 0 Å². The number of nitrogens with one attached hydrogen (secondary N) is 1. The summed E-state index contributed by atoms with van der Waals surface area (Å²) in [6.45, 7) is 0. The van der Waals surface area contributed by atoms with Gasteiger partial charge in [0.05, 0.1) is 4.75 Å². The molecule has 0 saturated carbocycles. The number of carboxylic acid groups (broad SMARTS) is 1.